The van der Waals surface area contributed by atoms with Crippen molar-refractivity contribution in [3.8, 4) is 0 Å². The normalized spacial score (nSPS) is 10.3. The standard InChI is InChI=1S/C12H22N4/c1-2-3-4-5-6-7-8-14-12-10-15-11(13)9-16-12/h9-10H,2-8H2,1H3,(H2,13,15)(H,14,16). The van der Waals surface area contributed by atoms with E-state index in [9.17, 15) is 0 Å². The average Bonchev–Trinajstić information content (AvgIpc) is 2.30. The first-order valence-corrected chi connectivity index (χ1v) is 6.14. The van der Waals surface area contributed by atoms with Crippen molar-refractivity contribution in [2.75, 3.05) is 17.6 Å². The minimum absolute atomic E-state index is 0.463. The van der Waals surface area contributed by atoms with Crippen LogP contribution in [0.3, 0.4) is 0 Å². The topological polar surface area (TPSA) is 63.8 Å². The van der Waals surface area contributed by atoms with Gasteiger partial charge in [-0.25, -0.2) is 9.97 Å². The van der Waals surface area contributed by atoms with Gasteiger partial charge in [-0.05, 0) is 6.42 Å². The third kappa shape index (κ3) is 5.53. The molecule has 0 aliphatic heterocycles. The Morgan fingerprint density at radius 2 is 1.81 bits per heavy atom. The summed E-state index contributed by atoms with van der Waals surface area (Å²) in [6.07, 6.45) is 11.1. The maximum absolute atomic E-state index is 5.45. The Bertz CT molecular complexity index is 271. The van der Waals surface area contributed by atoms with Crippen molar-refractivity contribution in [3.05, 3.63) is 12.4 Å². The molecule has 0 aromatic carbocycles. The number of nitrogens with two attached hydrogens (primary N) is 1. The minimum Gasteiger partial charge on any atom is -0.382 e. The molecule has 16 heavy (non-hydrogen) atoms. The van der Waals surface area contributed by atoms with Crippen LogP contribution < -0.4 is 11.1 Å². The highest BCUT2D eigenvalue weighted by atomic mass is 15.0. The molecule has 3 N–H and O–H groups in total. The van der Waals surface area contributed by atoms with Crippen LogP contribution in [0, 0.1) is 0 Å². The number of hydrogen-bond acceptors (Lipinski definition) is 4. The quantitative estimate of drug-likeness (QED) is 0.664. The molecule has 0 bridgehead atoms. The fourth-order valence-corrected chi connectivity index (χ4v) is 1.55. The Kier molecular flexibility index (Phi) is 6.30. The molecule has 0 unspecified atom stereocenters. The van der Waals surface area contributed by atoms with Gasteiger partial charge in [0.25, 0.3) is 0 Å². The molecule has 1 aromatic heterocycles. The number of aromatic nitrogens is 2. The van der Waals surface area contributed by atoms with E-state index in [1.54, 1.807) is 12.4 Å². The number of nitrogens with one attached hydrogen (secondary N) is 1. The SMILES string of the molecule is CCCCCCCCNc1cnc(N)cn1. The van der Waals surface area contributed by atoms with Crippen LogP contribution in [0.5, 0.6) is 0 Å². The first-order chi connectivity index (χ1) is 7.83. The first kappa shape index (κ1) is 12.7. The fourth-order valence-electron chi connectivity index (χ4n) is 1.55. The summed E-state index contributed by atoms with van der Waals surface area (Å²) in [7, 11) is 0. The highest BCUT2D eigenvalue weighted by Crippen LogP contribution is 2.06. The smallest absolute Gasteiger partial charge is 0.144 e. The van der Waals surface area contributed by atoms with E-state index in [0.29, 0.717) is 5.82 Å². The summed E-state index contributed by atoms with van der Waals surface area (Å²) >= 11 is 0. The van der Waals surface area contributed by atoms with Gasteiger partial charge in [0.2, 0.25) is 0 Å². The number of rotatable bonds is 8. The Morgan fingerprint density at radius 1 is 1.06 bits per heavy atom. The van der Waals surface area contributed by atoms with Gasteiger partial charge in [-0.3, -0.25) is 0 Å². The van der Waals surface area contributed by atoms with Gasteiger partial charge >= 0.3 is 0 Å². The third-order valence-corrected chi connectivity index (χ3v) is 2.51. The van der Waals surface area contributed by atoms with Gasteiger partial charge in [-0.1, -0.05) is 39.0 Å². The summed E-state index contributed by atoms with van der Waals surface area (Å²) in [6.45, 7) is 3.20. The van der Waals surface area contributed by atoms with Crippen molar-refractivity contribution >= 4 is 11.6 Å². The zero-order valence-corrected chi connectivity index (χ0v) is 10.1. The number of hydrogen-bond donors (Lipinski definition) is 2. The van der Waals surface area contributed by atoms with Crippen molar-refractivity contribution in [2.45, 2.75) is 45.4 Å². The number of anilines is 2. The van der Waals surface area contributed by atoms with E-state index in [-0.39, 0.29) is 0 Å². The second-order valence-corrected chi connectivity index (χ2v) is 4.02. The molecular weight excluding hydrogens is 200 g/mol. The summed E-state index contributed by atoms with van der Waals surface area (Å²) in [5.74, 6) is 1.27. The molecule has 4 heteroatoms. The lowest BCUT2D eigenvalue weighted by atomic mass is 10.1. The van der Waals surface area contributed by atoms with Crippen LogP contribution >= 0.6 is 0 Å². The van der Waals surface area contributed by atoms with Gasteiger partial charge in [0.05, 0.1) is 12.4 Å². The largest absolute Gasteiger partial charge is 0.382 e. The second-order valence-electron chi connectivity index (χ2n) is 4.02. The van der Waals surface area contributed by atoms with E-state index in [1.807, 2.05) is 0 Å². The van der Waals surface area contributed by atoms with Gasteiger partial charge in [-0.2, -0.15) is 0 Å². The van der Waals surface area contributed by atoms with E-state index in [0.717, 1.165) is 12.4 Å². The van der Waals surface area contributed by atoms with Crippen LogP contribution in [0.4, 0.5) is 11.6 Å². The summed E-state index contributed by atoms with van der Waals surface area (Å²) in [6, 6.07) is 0. The molecule has 0 amide bonds. The molecule has 0 atom stereocenters. The zero-order chi connectivity index (χ0) is 11.6. The van der Waals surface area contributed by atoms with Gasteiger partial charge in [0.1, 0.15) is 11.6 Å². The van der Waals surface area contributed by atoms with Crippen molar-refractivity contribution in [1.29, 1.82) is 0 Å². The third-order valence-electron chi connectivity index (χ3n) is 2.51. The lowest BCUT2D eigenvalue weighted by Gasteiger charge is -2.04. The summed E-state index contributed by atoms with van der Waals surface area (Å²) < 4.78 is 0. The highest BCUT2D eigenvalue weighted by molar-refractivity contribution is 5.35. The molecule has 0 saturated carbocycles. The molecule has 0 fully saturated rings. The predicted molar refractivity (Wildman–Crippen MR) is 68.3 cm³/mol. The van der Waals surface area contributed by atoms with Crippen molar-refractivity contribution in [3.63, 3.8) is 0 Å². The monoisotopic (exact) mass is 222 g/mol. The molecule has 0 aliphatic carbocycles. The summed E-state index contributed by atoms with van der Waals surface area (Å²) in [5.41, 5.74) is 5.45. The van der Waals surface area contributed by atoms with Crippen molar-refractivity contribution in [2.24, 2.45) is 0 Å². The zero-order valence-electron chi connectivity index (χ0n) is 10.1. The van der Waals surface area contributed by atoms with Crippen LogP contribution in [0.15, 0.2) is 12.4 Å². The molecule has 0 saturated heterocycles. The van der Waals surface area contributed by atoms with E-state index in [1.165, 1.54) is 38.5 Å². The van der Waals surface area contributed by atoms with E-state index < -0.39 is 0 Å². The van der Waals surface area contributed by atoms with E-state index in [4.69, 9.17) is 5.73 Å². The maximum Gasteiger partial charge on any atom is 0.144 e. The lowest BCUT2D eigenvalue weighted by molar-refractivity contribution is 0.617. The van der Waals surface area contributed by atoms with Gasteiger partial charge in [0.15, 0.2) is 0 Å². The van der Waals surface area contributed by atoms with Crippen LogP contribution in [0.1, 0.15) is 45.4 Å². The molecule has 4 nitrogen and oxygen atoms in total. The van der Waals surface area contributed by atoms with Crippen LogP contribution in [-0.2, 0) is 0 Å². The second kappa shape index (κ2) is 7.91. The van der Waals surface area contributed by atoms with Gasteiger partial charge in [0, 0.05) is 6.54 Å². The molecule has 0 aliphatic rings. The Labute approximate surface area is 97.7 Å². The van der Waals surface area contributed by atoms with E-state index in [2.05, 4.69) is 22.2 Å². The molecule has 90 valence electrons. The van der Waals surface area contributed by atoms with Crippen LogP contribution in [0.2, 0.25) is 0 Å². The summed E-state index contributed by atoms with van der Waals surface area (Å²) in [5, 5.41) is 3.23. The highest BCUT2D eigenvalue weighted by Gasteiger charge is 1.94. The first-order valence-electron chi connectivity index (χ1n) is 6.14. The van der Waals surface area contributed by atoms with Crippen molar-refractivity contribution < 1.29 is 0 Å². The van der Waals surface area contributed by atoms with Crippen LogP contribution in [-0.4, -0.2) is 16.5 Å². The van der Waals surface area contributed by atoms with Crippen LogP contribution in [0.25, 0.3) is 0 Å². The molecule has 1 aromatic rings. The molecule has 1 rings (SSSR count). The fraction of sp³-hybridized carbons (Fsp3) is 0.667. The van der Waals surface area contributed by atoms with E-state index >= 15 is 0 Å². The Balaban J connectivity index is 2.01. The summed E-state index contributed by atoms with van der Waals surface area (Å²) in [4.78, 5) is 8.10. The molecule has 0 spiro atoms. The Hall–Kier alpha value is -1.32. The number of nitrogens with zero attached hydrogens (tertiary/aromatic N) is 2. The molecule has 1 heterocycles. The Morgan fingerprint density at radius 3 is 2.50 bits per heavy atom. The lowest BCUT2D eigenvalue weighted by Crippen LogP contribution is -2.04. The predicted octanol–water partition coefficient (Wildman–Crippen LogP) is 2.83. The number of nitrogen functional groups attached to an aromatic ring is 1. The number of unbranched alkanes of at least 4 members (excludes halogenated alkanes) is 5. The molecular formula is C12H22N4. The average molecular weight is 222 g/mol. The van der Waals surface area contributed by atoms with Crippen molar-refractivity contribution in [1.82, 2.24) is 9.97 Å². The van der Waals surface area contributed by atoms with Gasteiger partial charge in [-0.15, -0.1) is 0 Å². The maximum atomic E-state index is 5.45. The molecule has 0 radical (unpaired) electrons. The minimum atomic E-state index is 0.463. The van der Waals surface area contributed by atoms with Gasteiger partial charge < -0.3 is 11.1 Å².